The predicted molar refractivity (Wildman–Crippen MR) is 67.2 cm³/mol. The minimum absolute atomic E-state index is 0.0386. The zero-order valence-corrected chi connectivity index (χ0v) is 11.7. The summed E-state index contributed by atoms with van der Waals surface area (Å²) in [7, 11) is -1.01. The summed E-state index contributed by atoms with van der Waals surface area (Å²) in [5.74, 6) is -3.49. The second kappa shape index (κ2) is 5.97. The monoisotopic (exact) mass is 294 g/mol. The molecule has 0 spiro atoms. The van der Waals surface area contributed by atoms with Gasteiger partial charge in [0.15, 0.2) is 17.5 Å². The Morgan fingerprint density at radius 3 is 2.28 bits per heavy atom. The van der Waals surface area contributed by atoms with E-state index in [0.29, 0.717) is 12.5 Å². The molecule has 1 aliphatic rings. The predicted octanol–water partition coefficient (Wildman–Crippen LogP) is 3.86. The van der Waals surface area contributed by atoms with Crippen molar-refractivity contribution in [3.63, 3.8) is 0 Å². The van der Waals surface area contributed by atoms with Crippen molar-refractivity contribution in [2.24, 2.45) is 5.92 Å². The van der Waals surface area contributed by atoms with Gasteiger partial charge in [0.05, 0.1) is 6.61 Å². The molecule has 0 bridgehead atoms. The number of hydrogen-bond acceptors (Lipinski definition) is 1. The van der Waals surface area contributed by atoms with Crippen molar-refractivity contribution in [2.75, 3.05) is 6.61 Å². The van der Waals surface area contributed by atoms with E-state index in [0.717, 1.165) is 37.1 Å². The number of ether oxygens (including phenoxy) is 1. The Morgan fingerprint density at radius 1 is 1.17 bits per heavy atom. The van der Waals surface area contributed by atoms with Crippen LogP contribution in [0.2, 0.25) is 12.1 Å². The van der Waals surface area contributed by atoms with E-state index in [1.54, 1.807) is 0 Å². The quantitative estimate of drug-likeness (QED) is 0.467. The third-order valence-corrected chi connectivity index (χ3v) is 6.45. The lowest BCUT2D eigenvalue weighted by Gasteiger charge is -2.24. The molecule has 1 fully saturated rings. The van der Waals surface area contributed by atoms with Crippen LogP contribution in [0.25, 0.3) is 0 Å². The molecule has 18 heavy (non-hydrogen) atoms. The minimum Gasteiger partial charge on any atom is -0.493 e. The first kappa shape index (κ1) is 13.7. The molecule has 0 radical (unpaired) electrons. The zero-order chi connectivity index (χ0) is 13.1. The molecule has 0 aliphatic carbocycles. The second-order valence-corrected chi connectivity index (χ2v) is 8.83. The summed E-state index contributed by atoms with van der Waals surface area (Å²) >= 11 is 6.12. The van der Waals surface area contributed by atoms with Crippen LogP contribution in [0.3, 0.4) is 0 Å². The lowest BCUT2D eigenvalue weighted by Crippen LogP contribution is -2.21. The highest BCUT2D eigenvalue weighted by molar-refractivity contribution is 7.07. The first-order valence-electron chi connectivity index (χ1n) is 5.97. The molecule has 1 aromatic rings. The van der Waals surface area contributed by atoms with E-state index in [2.05, 4.69) is 0 Å². The van der Waals surface area contributed by atoms with Crippen molar-refractivity contribution in [3.05, 3.63) is 29.6 Å². The molecular weight excluding hydrogens is 281 g/mol. The van der Waals surface area contributed by atoms with Crippen LogP contribution in [-0.4, -0.2) is 14.7 Å². The van der Waals surface area contributed by atoms with Gasteiger partial charge >= 0.3 is 0 Å². The van der Waals surface area contributed by atoms with Gasteiger partial charge in [0.1, 0.15) is 13.9 Å². The lowest BCUT2D eigenvalue weighted by molar-refractivity contribution is 0.234. The van der Waals surface area contributed by atoms with E-state index in [1.807, 2.05) is 0 Å². The van der Waals surface area contributed by atoms with Crippen molar-refractivity contribution >= 4 is 19.2 Å². The van der Waals surface area contributed by atoms with E-state index in [-0.39, 0.29) is 5.75 Å². The Kier molecular flexibility index (Phi) is 4.56. The van der Waals surface area contributed by atoms with Gasteiger partial charge in [-0.3, -0.25) is 0 Å². The molecule has 0 saturated carbocycles. The Hall–Kier alpha value is -0.683. The van der Waals surface area contributed by atoms with E-state index in [9.17, 15) is 13.2 Å². The number of hydrogen-bond donors (Lipinski definition) is 0. The topological polar surface area (TPSA) is 9.23 Å². The third kappa shape index (κ3) is 3.42. The highest BCUT2D eigenvalue weighted by atomic mass is 35.6. The molecule has 100 valence electrons. The van der Waals surface area contributed by atoms with Gasteiger partial charge in [0, 0.05) is 12.1 Å². The minimum atomic E-state index is -1.46. The zero-order valence-electron chi connectivity index (χ0n) is 9.77. The summed E-state index contributed by atoms with van der Waals surface area (Å²) in [6.45, 7) is 0.405. The maximum absolute atomic E-state index is 12.9. The number of halogens is 4. The molecule has 1 nitrogen and oxygen atoms in total. The van der Waals surface area contributed by atoms with Crippen LogP contribution in [0.1, 0.15) is 12.8 Å². The molecule has 0 amide bonds. The van der Waals surface area contributed by atoms with Crippen LogP contribution in [-0.2, 0) is 0 Å². The molecular formula is C12H14ClF3OSi. The highest BCUT2D eigenvalue weighted by Crippen LogP contribution is 2.28. The van der Waals surface area contributed by atoms with Gasteiger partial charge in [0.25, 0.3) is 0 Å². The molecule has 2 rings (SSSR count). The molecule has 6 heteroatoms. The number of benzene rings is 1. The largest absolute Gasteiger partial charge is 0.493 e. The van der Waals surface area contributed by atoms with Crippen LogP contribution in [0.5, 0.6) is 5.75 Å². The first-order chi connectivity index (χ1) is 8.56. The van der Waals surface area contributed by atoms with Crippen LogP contribution in [0, 0.1) is 23.4 Å². The second-order valence-electron chi connectivity index (χ2n) is 4.63. The van der Waals surface area contributed by atoms with E-state index in [4.69, 9.17) is 15.8 Å². The molecule has 1 aromatic carbocycles. The van der Waals surface area contributed by atoms with Gasteiger partial charge in [-0.05, 0) is 30.8 Å². The van der Waals surface area contributed by atoms with Crippen LogP contribution >= 0.6 is 11.1 Å². The van der Waals surface area contributed by atoms with E-state index >= 15 is 0 Å². The average molecular weight is 295 g/mol. The van der Waals surface area contributed by atoms with Gasteiger partial charge in [-0.25, -0.2) is 13.2 Å². The van der Waals surface area contributed by atoms with Gasteiger partial charge in [0.2, 0.25) is 0 Å². The lowest BCUT2D eigenvalue weighted by atomic mass is 10.0. The maximum Gasteiger partial charge on any atom is 0.194 e. The fraction of sp³-hybridized carbons (Fsp3) is 0.500. The molecule has 1 saturated heterocycles. The Balaban J connectivity index is 1.90. The molecule has 0 N–H and O–H groups in total. The van der Waals surface area contributed by atoms with Gasteiger partial charge < -0.3 is 4.74 Å². The van der Waals surface area contributed by atoms with Crippen molar-refractivity contribution < 1.29 is 17.9 Å². The average Bonchev–Trinajstić information content (AvgIpc) is 2.35. The normalized spacial score (nSPS) is 24.0. The van der Waals surface area contributed by atoms with Crippen molar-refractivity contribution in [1.82, 2.24) is 0 Å². The third-order valence-electron chi connectivity index (χ3n) is 3.22. The van der Waals surface area contributed by atoms with Gasteiger partial charge in [-0.1, -0.05) is 0 Å². The highest BCUT2D eigenvalue weighted by Gasteiger charge is 2.21. The number of rotatable bonds is 3. The summed E-state index contributed by atoms with van der Waals surface area (Å²) in [5.41, 5.74) is 0. The SMILES string of the molecule is Fc1cc(OCC2CC[SiH](Cl)CC2)cc(F)c1F. The summed E-state index contributed by atoms with van der Waals surface area (Å²) < 4.78 is 44.0. The molecule has 1 aliphatic heterocycles. The fourth-order valence-electron chi connectivity index (χ4n) is 2.12. The Bertz CT molecular complexity index is 399. The van der Waals surface area contributed by atoms with Crippen LogP contribution in [0.4, 0.5) is 13.2 Å². The van der Waals surface area contributed by atoms with Crippen LogP contribution in [0.15, 0.2) is 12.1 Å². The molecule has 0 aromatic heterocycles. The van der Waals surface area contributed by atoms with Crippen molar-refractivity contribution in [3.8, 4) is 5.75 Å². The van der Waals surface area contributed by atoms with E-state index in [1.165, 1.54) is 0 Å². The summed E-state index contributed by atoms with van der Waals surface area (Å²) in [4.78, 5) is 0. The summed E-state index contributed by atoms with van der Waals surface area (Å²) in [6.07, 6.45) is 2.01. The molecule has 1 heterocycles. The molecule has 0 atom stereocenters. The van der Waals surface area contributed by atoms with Crippen molar-refractivity contribution in [1.29, 1.82) is 0 Å². The Morgan fingerprint density at radius 2 is 1.72 bits per heavy atom. The smallest absolute Gasteiger partial charge is 0.194 e. The van der Waals surface area contributed by atoms with Gasteiger partial charge in [-0.2, -0.15) is 11.1 Å². The van der Waals surface area contributed by atoms with Crippen LogP contribution < -0.4 is 4.74 Å². The van der Waals surface area contributed by atoms with Crippen molar-refractivity contribution in [2.45, 2.75) is 24.9 Å². The molecule has 0 unspecified atom stereocenters. The first-order valence-corrected chi connectivity index (χ1v) is 9.35. The van der Waals surface area contributed by atoms with Gasteiger partial charge in [-0.15, -0.1) is 0 Å². The summed E-state index contributed by atoms with van der Waals surface area (Å²) in [5, 5.41) is 0. The maximum atomic E-state index is 12.9. The van der Waals surface area contributed by atoms with E-state index < -0.39 is 25.6 Å². The summed E-state index contributed by atoms with van der Waals surface area (Å²) in [6, 6.07) is 3.89. The Labute approximate surface area is 110 Å². The standard InChI is InChI=1S/C12H14ClF3OSi/c13-18-3-1-8(2-4-18)7-17-9-5-10(14)12(16)11(15)6-9/h5-6,8,18H,1-4,7H2. The fourth-order valence-corrected chi connectivity index (χ4v) is 4.83.